The number of hydrogen-bond acceptors (Lipinski definition) is 5. The van der Waals surface area contributed by atoms with Crippen LogP contribution in [0.3, 0.4) is 0 Å². The van der Waals surface area contributed by atoms with Gasteiger partial charge in [-0.15, -0.1) is 0 Å². The van der Waals surface area contributed by atoms with Gasteiger partial charge in [0.2, 0.25) is 0 Å². The Balaban J connectivity index is 1.75. The highest BCUT2D eigenvalue weighted by atomic mass is 16.5. The smallest absolute Gasteiger partial charge is 0.295 e. The van der Waals surface area contributed by atoms with Crippen LogP contribution in [-0.2, 0) is 16.1 Å². The molecule has 4 rings (SSSR count). The third-order valence-electron chi connectivity index (χ3n) is 5.65. The molecule has 2 aromatic carbocycles. The van der Waals surface area contributed by atoms with E-state index in [2.05, 4.69) is 11.9 Å². The summed E-state index contributed by atoms with van der Waals surface area (Å²) in [6.45, 7) is 2.98. The third kappa shape index (κ3) is 4.80. The van der Waals surface area contributed by atoms with Crippen LogP contribution < -0.4 is 4.74 Å². The number of aliphatic hydroxyl groups is 1. The summed E-state index contributed by atoms with van der Waals surface area (Å²) in [6.07, 6.45) is 5.07. The van der Waals surface area contributed by atoms with Crippen molar-refractivity contribution in [2.45, 2.75) is 32.4 Å². The van der Waals surface area contributed by atoms with Gasteiger partial charge in [0.1, 0.15) is 11.5 Å². The predicted octanol–water partition coefficient (Wildman–Crippen LogP) is 4.88. The number of carbonyl (C=O) groups is 2. The first-order valence-electron chi connectivity index (χ1n) is 11.1. The fourth-order valence-electron chi connectivity index (χ4n) is 3.92. The third-order valence-corrected chi connectivity index (χ3v) is 5.65. The maximum atomic E-state index is 13.1. The Morgan fingerprint density at radius 2 is 1.70 bits per heavy atom. The van der Waals surface area contributed by atoms with Crippen LogP contribution in [-0.4, -0.2) is 33.3 Å². The van der Waals surface area contributed by atoms with Crippen LogP contribution in [0, 0.1) is 0 Å². The van der Waals surface area contributed by atoms with E-state index in [0.29, 0.717) is 12.2 Å². The van der Waals surface area contributed by atoms with Gasteiger partial charge in [-0.2, -0.15) is 0 Å². The van der Waals surface area contributed by atoms with E-state index in [-0.39, 0.29) is 17.9 Å². The largest absolute Gasteiger partial charge is 0.507 e. The monoisotopic (exact) mass is 442 g/mol. The molecule has 1 atom stereocenters. The Morgan fingerprint density at radius 1 is 1.00 bits per heavy atom. The number of likely N-dealkylation sites (tertiary alicyclic amines) is 1. The van der Waals surface area contributed by atoms with Gasteiger partial charge < -0.3 is 14.7 Å². The summed E-state index contributed by atoms with van der Waals surface area (Å²) in [5, 5.41) is 11.0. The quantitative estimate of drug-likeness (QED) is 0.233. The van der Waals surface area contributed by atoms with Gasteiger partial charge >= 0.3 is 0 Å². The number of aliphatic hydroxyl groups excluding tert-OH is 1. The van der Waals surface area contributed by atoms with Gasteiger partial charge in [0.05, 0.1) is 18.2 Å². The van der Waals surface area contributed by atoms with Crippen LogP contribution in [0.2, 0.25) is 0 Å². The molecule has 1 fully saturated rings. The summed E-state index contributed by atoms with van der Waals surface area (Å²) >= 11 is 0. The molecule has 168 valence electrons. The van der Waals surface area contributed by atoms with E-state index in [1.807, 2.05) is 54.6 Å². The van der Waals surface area contributed by atoms with Crippen LogP contribution in [0.1, 0.15) is 42.5 Å². The first-order chi connectivity index (χ1) is 16.1. The number of aromatic nitrogens is 1. The highest BCUT2D eigenvalue weighted by Crippen LogP contribution is 2.40. The van der Waals surface area contributed by atoms with Crippen molar-refractivity contribution in [2.24, 2.45) is 0 Å². The van der Waals surface area contributed by atoms with Crippen molar-refractivity contribution >= 4 is 17.4 Å². The van der Waals surface area contributed by atoms with Crippen molar-refractivity contribution in [3.63, 3.8) is 0 Å². The highest BCUT2D eigenvalue weighted by Gasteiger charge is 2.46. The van der Waals surface area contributed by atoms with Crippen LogP contribution in [0.25, 0.3) is 5.76 Å². The lowest BCUT2D eigenvalue weighted by molar-refractivity contribution is -0.140. The summed E-state index contributed by atoms with van der Waals surface area (Å²) in [6, 6.07) is 19.3. The highest BCUT2D eigenvalue weighted by molar-refractivity contribution is 6.46. The molecular weight excluding hydrogens is 416 g/mol. The topological polar surface area (TPSA) is 79.7 Å². The molecule has 1 aliphatic heterocycles. The zero-order valence-electron chi connectivity index (χ0n) is 18.5. The van der Waals surface area contributed by atoms with E-state index >= 15 is 0 Å². The van der Waals surface area contributed by atoms with Crippen LogP contribution >= 0.6 is 0 Å². The molecule has 1 aliphatic rings. The summed E-state index contributed by atoms with van der Waals surface area (Å²) in [7, 11) is 0. The van der Waals surface area contributed by atoms with Crippen molar-refractivity contribution in [3.05, 3.63) is 101 Å². The Labute approximate surface area is 193 Å². The number of ketones is 1. The number of Topliss-reactive ketones (excluding diaryl/α,β-unsaturated/α-hetero) is 1. The second-order valence-electron chi connectivity index (χ2n) is 7.92. The molecule has 1 N–H and O–H groups in total. The van der Waals surface area contributed by atoms with Crippen molar-refractivity contribution in [3.8, 4) is 5.75 Å². The van der Waals surface area contributed by atoms with E-state index in [1.54, 1.807) is 12.1 Å². The fourth-order valence-corrected chi connectivity index (χ4v) is 3.92. The Kier molecular flexibility index (Phi) is 6.83. The van der Waals surface area contributed by atoms with Crippen molar-refractivity contribution in [1.29, 1.82) is 0 Å². The van der Waals surface area contributed by atoms with Gasteiger partial charge in [-0.1, -0.05) is 55.8 Å². The number of rotatable bonds is 8. The molecule has 0 aliphatic carbocycles. The Bertz CT molecular complexity index is 1140. The summed E-state index contributed by atoms with van der Waals surface area (Å²) < 4.78 is 5.76. The number of ether oxygens (including phenoxy) is 1. The number of carbonyl (C=O) groups excluding carboxylic acids is 2. The lowest BCUT2D eigenvalue weighted by Crippen LogP contribution is -2.29. The second-order valence-corrected chi connectivity index (χ2v) is 7.92. The molecule has 1 unspecified atom stereocenters. The molecule has 1 aromatic heterocycles. The zero-order valence-corrected chi connectivity index (χ0v) is 18.5. The Hall–Kier alpha value is -3.93. The molecular formula is C27H26N2O4. The van der Waals surface area contributed by atoms with Crippen LogP contribution in [0.4, 0.5) is 0 Å². The minimum Gasteiger partial charge on any atom is -0.507 e. The molecule has 33 heavy (non-hydrogen) atoms. The predicted molar refractivity (Wildman–Crippen MR) is 125 cm³/mol. The average Bonchev–Trinajstić information content (AvgIpc) is 3.10. The number of amides is 1. The van der Waals surface area contributed by atoms with E-state index in [1.165, 1.54) is 17.3 Å². The lowest BCUT2D eigenvalue weighted by Gasteiger charge is -2.25. The van der Waals surface area contributed by atoms with Gasteiger partial charge in [0.25, 0.3) is 11.7 Å². The summed E-state index contributed by atoms with van der Waals surface area (Å²) in [5.41, 5.74) is 2.13. The first kappa shape index (κ1) is 22.3. The molecule has 0 spiro atoms. The minimum atomic E-state index is -0.719. The first-order valence-corrected chi connectivity index (χ1v) is 11.1. The lowest BCUT2D eigenvalue weighted by atomic mass is 9.95. The molecule has 3 aromatic rings. The minimum absolute atomic E-state index is 0.0711. The molecule has 6 nitrogen and oxygen atoms in total. The summed E-state index contributed by atoms with van der Waals surface area (Å²) in [5.74, 6) is -0.822. The number of benzene rings is 2. The van der Waals surface area contributed by atoms with Gasteiger partial charge in [0, 0.05) is 24.5 Å². The van der Waals surface area contributed by atoms with E-state index in [4.69, 9.17) is 4.74 Å². The van der Waals surface area contributed by atoms with Crippen molar-refractivity contribution < 1.29 is 19.4 Å². The van der Waals surface area contributed by atoms with E-state index in [0.717, 1.165) is 29.7 Å². The van der Waals surface area contributed by atoms with Gasteiger partial charge in [-0.05, 0) is 41.8 Å². The molecule has 1 amide bonds. The average molecular weight is 443 g/mol. The maximum Gasteiger partial charge on any atom is 0.295 e. The molecule has 0 radical (unpaired) electrons. The van der Waals surface area contributed by atoms with E-state index in [9.17, 15) is 14.7 Å². The van der Waals surface area contributed by atoms with Crippen LogP contribution in [0.15, 0.2) is 84.7 Å². The SMILES string of the molecule is CCCCOc1ccc(C2/C(=C(\O)c3ccncc3)C(=O)C(=O)N2Cc2ccccc2)cc1. The zero-order chi connectivity index (χ0) is 23.2. The van der Waals surface area contributed by atoms with E-state index < -0.39 is 17.7 Å². The number of hydrogen-bond donors (Lipinski definition) is 1. The molecule has 1 saturated heterocycles. The van der Waals surface area contributed by atoms with Crippen LogP contribution in [0.5, 0.6) is 5.75 Å². The normalized spacial score (nSPS) is 17.4. The number of nitrogens with zero attached hydrogens (tertiary/aromatic N) is 2. The molecule has 0 bridgehead atoms. The molecule has 6 heteroatoms. The van der Waals surface area contributed by atoms with Crippen molar-refractivity contribution in [2.75, 3.05) is 6.61 Å². The standard InChI is InChI=1S/C27H26N2O4/c1-2-3-17-33-22-11-9-20(10-12-22)24-23(25(30)21-13-15-28-16-14-21)26(31)27(32)29(24)18-19-7-5-4-6-8-19/h4-16,24,30H,2-3,17-18H2,1H3/b25-23+. The van der Waals surface area contributed by atoms with Gasteiger partial charge in [-0.3, -0.25) is 14.6 Å². The Morgan fingerprint density at radius 3 is 2.36 bits per heavy atom. The van der Waals surface area contributed by atoms with Gasteiger partial charge in [-0.25, -0.2) is 0 Å². The van der Waals surface area contributed by atoms with Crippen molar-refractivity contribution in [1.82, 2.24) is 9.88 Å². The molecule has 0 saturated carbocycles. The van der Waals surface area contributed by atoms with Gasteiger partial charge in [0.15, 0.2) is 0 Å². The maximum absolute atomic E-state index is 13.1. The number of unbranched alkanes of at least 4 members (excludes halogenated alkanes) is 1. The number of pyridine rings is 1. The summed E-state index contributed by atoms with van der Waals surface area (Å²) in [4.78, 5) is 31.6. The second kappa shape index (κ2) is 10.1. The fraction of sp³-hybridized carbons (Fsp3) is 0.222. The molecule has 2 heterocycles.